The van der Waals surface area contributed by atoms with Gasteiger partial charge in [0.25, 0.3) is 0 Å². The number of esters is 2. The zero-order chi connectivity index (χ0) is 22.6. The molecule has 158 valence electrons. The average molecular weight is 422 g/mol. The summed E-state index contributed by atoms with van der Waals surface area (Å²) in [5.74, 6) is -10.4. The first-order valence-electron chi connectivity index (χ1n) is 7.94. The van der Waals surface area contributed by atoms with E-state index in [1.165, 1.54) is 0 Å². The van der Waals surface area contributed by atoms with Gasteiger partial charge in [0.2, 0.25) is 12.2 Å². The molecule has 0 heterocycles. The lowest BCUT2D eigenvalue weighted by atomic mass is 10.1. The molecule has 0 radical (unpaired) electrons. The van der Waals surface area contributed by atoms with Gasteiger partial charge in [0.15, 0.2) is 23.0 Å². The van der Waals surface area contributed by atoms with E-state index in [1.54, 1.807) is 0 Å². The summed E-state index contributed by atoms with van der Waals surface area (Å²) in [7, 11) is 0. The highest BCUT2D eigenvalue weighted by Gasteiger charge is 2.41. The van der Waals surface area contributed by atoms with Crippen molar-refractivity contribution in [3.05, 3.63) is 47.5 Å². The Hall–Kier alpha value is -4.48. The second kappa shape index (κ2) is 8.68. The normalized spacial score (nSPS) is 12.4. The first-order valence-corrected chi connectivity index (χ1v) is 7.94. The van der Waals surface area contributed by atoms with Gasteiger partial charge in [0.05, 0.1) is 0 Å². The number of aromatic hydroxyl groups is 4. The van der Waals surface area contributed by atoms with Crippen molar-refractivity contribution in [2.24, 2.45) is 0 Å². The minimum absolute atomic E-state index is 0.678. The van der Waals surface area contributed by atoms with Crippen LogP contribution in [0.3, 0.4) is 0 Å². The maximum absolute atomic E-state index is 12.2. The first-order chi connectivity index (χ1) is 14.0. The molecule has 12 nitrogen and oxygen atoms in total. The number of hydrogen-bond donors (Lipinski definition) is 6. The number of phenolic OH excluding ortho intramolecular Hbond substituents is 4. The number of carboxylic acid groups (broad SMARTS) is 2. The fourth-order valence-electron chi connectivity index (χ4n) is 2.23. The summed E-state index contributed by atoms with van der Waals surface area (Å²) in [5, 5.41) is 56.7. The predicted molar refractivity (Wildman–Crippen MR) is 93.2 cm³/mol. The van der Waals surface area contributed by atoms with Crippen LogP contribution in [0, 0.1) is 0 Å². The van der Waals surface area contributed by atoms with Gasteiger partial charge in [-0.1, -0.05) is 12.1 Å². The standard InChI is InChI=1S/C18H14O12/c19-9-5-1-3-7(11(9)21)17(27)29-13(15(23)24)14(16(25)26)30-18(28)8-4-2-6-10(20)12(8)22/h1-6,13-14,19-22H,(H,23,24)(H,25,26)/t13-,14-/m1/s1. The molecule has 0 aromatic heterocycles. The Morgan fingerprint density at radius 2 is 0.967 bits per heavy atom. The van der Waals surface area contributed by atoms with Gasteiger partial charge >= 0.3 is 23.9 Å². The van der Waals surface area contributed by atoms with Crippen molar-refractivity contribution < 1.29 is 59.3 Å². The summed E-state index contributed by atoms with van der Waals surface area (Å²) in [6.07, 6.45) is -5.14. The van der Waals surface area contributed by atoms with E-state index in [0.29, 0.717) is 0 Å². The van der Waals surface area contributed by atoms with Crippen LogP contribution in [0.5, 0.6) is 23.0 Å². The highest BCUT2D eigenvalue weighted by atomic mass is 16.6. The Balaban J connectivity index is 2.32. The average Bonchev–Trinajstić information content (AvgIpc) is 2.68. The van der Waals surface area contributed by atoms with Gasteiger partial charge in [-0.3, -0.25) is 0 Å². The Morgan fingerprint density at radius 3 is 1.27 bits per heavy atom. The van der Waals surface area contributed by atoms with E-state index >= 15 is 0 Å². The Kier molecular flexibility index (Phi) is 6.32. The van der Waals surface area contributed by atoms with Gasteiger partial charge in [-0.2, -0.15) is 0 Å². The van der Waals surface area contributed by atoms with Crippen molar-refractivity contribution in [2.45, 2.75) is 12.2 Å². The van der Waals surface area contributed by atoms with Crippen LogP contribution in [-0.4, -0.2) is 66.7 Å². The number of phenols is 4. The maximum atomic E-state index is 12.2. The number of benzene rings is 2. The lowest BCUT2D eigenvalue weighted by Crippen LogP contribution is -2.45. The van der Waals surface area contributed by atoms with Gasteiger partial charge in [-0.15, -0.1) is 0 Å². The molecule has 0 spiro atoms. The molecule has 30 heavy (non-hydrogen) atoms. The number of para-hydroxylation sites is 2. The molecule has 0 unspecified atom stereocenters. The van der Waals surface area contributed by atoms with E-state index in [9.17, 15) is 49.8 Å². The van der Waals surface area contributed by atoms with Crippen molar-refractivity contribution >= 4 is 23.9 Å². The summed E-state index contributed by atoms with van der Waals surface area (Å²) in [6.45, 7) is 0. The van der Waals surface area contributed by atoms with Gasteiger partial charge < -0.3 is 40.1 Å². The Morgan fingerprint density at radius 1 is 0.633 bits per heavy atom. The summed E-state index contributed by atoms with van der Waals surface area (Å²) in [4.78, 5) is 47.2. The number of rotatable bonds is 7. The molecule has 2 aromatic carbocycles. The van der Waals surface area contributed by atoms with E-state index < -0.39 is 70.2 Å². The van der Waals surface area contributed by atoms with Crippen LogP contribution in [0.15, 0.2) is 36.4 Å². The summed E-state index contributed by atoms with van der Waals surface area (Å²) < 4.78 is 9.14. The van der Waals surface area contributed by atoms with Gasteiger partial charge in [0.1, 0.15) is 11.1 Å². The van der Waals surface area contributed by atoms with Gasteiger partial charge in [-0.25, -0.2) is 19.2 Å². The van der Waals surface area contributed by atoms with Crippen LogP contribution in [-0.2, 0) is 19.1 Å². The van der Waals surface area contributed by atoms with Crippen LogP contribution >= 0.6 is 0 Å². The zero-order valence-corrected chi connectivity index (χ0v) is 14.8. The first kappa shape index (κ1) is 21.8. The molecular formula is C18H14O12. The number of ether oxygens (including phenoxy) is 2. The fraction of sp³-hybridized carbons (Fsp3) is 0.111. The van der Waals surface area contributed by atoms with Crippen molar-refractivity contribution in [1.29, 1.82) is 0 Å². The third-order valence-corrected chi connectivity index (χ3v) is 3.70. The van der Waals surface area contributed by atoms with Crippen molar-refractivity contribution in [3.8, 4) is 23.0 Å². The number of hydrogen-bond acceptors (Lipinski definition) is 10. The topological polar surface area (TPSA) is 208 Å². The number of carbonyl (C=O) groups is 4. The molecule has 0 saturated carbocycles. The highest BCUT2D eigenvalue weighted by molar-refractivity contribution is 5.98. The molecular weight excluding hydrogens is 408 g/mol. The van der Waals surface area contributed by atoms with Crippen LogP contribution in [0.2, 0.25) is 0 Å². The van der Waals surface area contributed by atoms with E-state index in [4.69, 9.17) is 0 Å². The lowest BCUT2D eigenvalue weighted by molar-refractivity contribution is -0.166. The fourth-order valence-corrected chi connectivity index (χ4v) is 2.23. The molecule has 0 aliphatic heterocycles. The van der Waals surface area contributed by atoms with E-state index in [-0.39, 0.29) is 0 Å². The van der Waals surface area contributed by atoms with E-state index in [0.717, 1.165) is 36.4 Å². The predicted octanol–water partition coefficient (Wildman–Crippen LogP) is 0.429. The minimum atomic E-state index is -2.57. The van der Waals surface area contributed by atoms with Gasteiger partial charge in [-0.05, 0) is 24.3 Å². The van der Waals surface area contributed by atoms with Gasteiger partial charge in [0, 0.05) is 0 Å². The third-order valence-electron chi connectivity index (χ3n) is 3.70. The summed E-state index contributed by atoms with van der Waals surface area (Å²) in [6, 6.07) is 6.21. The van der Waals surface area contributed by atoms with Crippen LogP contribution in [0.4, 0.5) is 0 Å². The van der Waals surface area contributed by atoms with Crippen LogP contribution in [0.1, 0.15) is 20.7 Å². The summed E-state index contributed by atoms with van der Waals surface area (Å²) in [5.41, 5.74) is -1.36. The number of carbonyl (C=O) groups excluding carboxylic acids is 2. The Bertz CT molecular complexity index is 931. The van der Waals surface area contributed by atoms with Crippen LogP contribution in [0.25, 0.3) is 0 Å². The van der Waals surface area contributed by atoms with E-state index in [2.05, 4.69) is 9.47 Å². The second-order valence-electron chi connectivity index (χ2n) is 5.67. The number of carboxylic acids is 2. The smallest absolute Gasteiger partial charge is 0.349 e. The minimum Gasteiger partial charge on any atom is -0.504 e. The van der Waals surface area contributed by atoms with Crippen molar-refractivity contribution in [2.75, 3.05) is 0 Å². The van der Waals surface area contributed by atoms with Crippen molar-refractivity contribution in [3.63, 3.8) is 0 Å². The van der Waals surface area contributed by atoms with Crippen LogP contribution < -0.4 is 0 Å². The SMILES string of the molecule is O=C(O[C@@H](C(=O)O)[C@@H](OC(=O)c1cccc(O)c1O)C(=O)O)c1cccc(O)c1O. The van der Waals surface area contributed by atoms with Crippen molar-refractivity contribution in [1.82, 2.24) is 0 Å². The van der Waals surface area contributed by atoms with E-state index in [1.807, 2.05) is 0 Å². The second-order valence-corrected chi connectivity index (χ2v) is 5.67. The lowest BCUT2D eigenvalue weighted by Gasteiger charge is -2.21. The third kappa shape index (κ3) is 4.49. The molecule has 6 N–H and O–H groups in total. The molecule has 0 saturated heterocycles. The Labute approximate surface area is 166 Å². The molecule has 0 amide bonds. The maximum Gasteiger partial charge on any atom is 0.349 e. The number of aliphatic carboxylic acids is 2. The largest absolute Gasteiger partial charge is 0.504 e. The summed E-state index contributed by atoms with van der Waals surface area (Å²) >= 11 is 0. The highest BCUT2D eigenvalue weighted by Crippen LogP contribution is 2.30. The molecule has 2 atom stereocenters. The molecule has 12 heteroatoms. The molecule has 0 aliphatic rings. The monoisotopic (exact) mass is 422 g/mol. The molecule has 0 aliphatic carbocycles. The molecule has 2 aromatic rings. The molecule has 2 rings (SSSR count). The quantitative estimate of drug-likeness (QED) is 0.265. The zero-order valence-electron chi connectivity index (χ0n) is 14.8. The molecule has 0 fully saturated rings. The molecule has 0 bridgehead atoms.